The lowest BCUT2D eigenvalue weighted by atomic mass is 10.0. The molecule has 1 aromatic carbocycles. The van der Waals surface area contributed by atoms with Crippen molar-refractivity contribution in [2.45, 2.75) is 6.92 Å². The molecule has 0 unspecified atom stereocenters. The Bertz CT molecular complexity index is 626. The third kappa shape index (κ3) is 2.32. The molecule has 4 heteroatoms. The highest BCUT2D eigenvalue weighted by Crippen LogP contribution is 2.13. The van der Waals surface area contributed by atoms with Gasteiger partial charge in [-0.3, -0.25) is 9.59 Å². The van der Waals surface area contributed by atoms with Crippen LogP contribution in [0.1, 0.15) is 21.6 Å². The number of methoxy groups -OCH3 is 1. The number of hydrogen-bond acceptors (Lipinski definition) is 3. The van der Waals surface area contributed by atoms with E-state index in [9.17, 15) is 9.59 Å². The lowest BCUT2D eigenvalue weighted by molar-refractivity contribution is 0.103. The number of rotatable bonds is 3. The summed E-state index contributed by atoms with van der Waals surface area (Å²) < 4.78 is 5.01. The number of aromatic nitrogens is 1. The summed E-state index contributed by atoms with van der Waals surface area (Å²) in [5.74, 6) is 0.378. The fourth-order valence-corrected chi connectivity index (χ4v) is 1.65. The van der Waals surface area contributed by atoms with Crippen LogP contribution < -0.4 is 10.3 Å². The Morgan fingerprint density at radius 3 is 2.33 bits per heavy atom. The van der Waals surface area contributed by atoms with Crippen LogP contribution in [0.15, 0.2) is 41.2 Å². The second-order valence-corrected chi connectivity index (χ2v) is 3.94. The number of nitrogens with one attached hydrogen (secondary N) is 1. The first kappa shape index (κ1) is 12.1. The third-order valence-corrected chi connectivity index (χ3v) is 2.65. The minimum absolute atomic E-state index is 0.144. The molecule has 2 rings (SSSR count). The number of ketones is 1. The van der Waals surface area contributed by atoms with Gasteiger partial charge in [0.25, 0.3) is 5.56 Å². The summed E-state index contributed by atoms with van der Waals surface area (Å²) in [5, 5.41) is 0. The van der Waals surface area contributed by atoms with Gasteiger partial charge in [-0.2, -0.15) is 0 Å². The summed E-state index contributed by atoms with van der Waals surface area (Å²) in [6, 6.07) is 9.91. The van der Waals surface area contributed by atoms with Crippen molar-refractivity contribution >= 4 is 5.78 Å². The summed E-state index contributed by atoms with van der Waals surface area (Å²) in [7, 11) is 1.56. The van der Waals surface area contributed by atoms with E-state index in [2.05, 4.69) is 4.98 Å². The topological polar surface area (TPSA) is 59.2 Å². The molecule has 4 nitrogen and oxygen atoms in total. The van der Waals surface area contributed by atoms with Crippen molar-refractivity contribution in [1.82, 2.24) is 4.98 Å². The first-order chi connectivity index (χ1) is 8.61. The van der Waals surface area contributed by atoms with E-state index in [1.54, 1.807) is 50.4 Å². The van der Waals surface area contributed by atoms with E-state index in [0.29, 0.717) is 11.3 Å². The summed E-state index contributed by atoms with van der Waals surface area (Å²) in [6.45, 7) is 1.77. The number of carbonyl (C=O) groups excluding carboxylic acids is 1. The van der Waals surface area contributed by atoms with Crippen molar-refractivity contribution in [2.75, 3.05) is 7.11 Å². The van der Waals surface area contributed by atoms with E-state index in [1.807, 2.05) is 0 Å². The largest absolute Gasteiger partial charge is 0.497 e. The predicted octanol–water partition coefficient (Wildman–Crippen LogP) is 1.92. The average molecular weight is 243 g/mol. The Labute approximate surface area is 104 Å². The van der Waals surface area contributed by atoms with Gasteiger partial charge < -0.3 is 9.72 Å². The molecule has 1 aromatic heterocycles. The zero-order chi connectivity index (χ0) is 13.1. The predicted molar refractivity (Wildman–Crippen MR) is 68.2 cm³/mol. The smallest absolute Gasteiger partial charge is 0.259 e. The molecule has 0 aliphatic carbocycles. The van der Waals surface area contributed by atoms with Crippen LogP contribution >= 0.6 is 0 Å². The van der Waals surface area contributed by atoms with Crippen LogP contribution in [-0.2, 0) is 0 Å². The van der Waals surface area contributed by atoms with Crippen molar-refractivity contribution < 1.29 is 9.53 Å². The van der Waals surface area contributed by atoms with E-state index in [-0.39, 0.29) is 16.9 Å². The van der Waals surface area contributed by atoms with E-state index < -0.39 is 0 Å². The molecule has 92 valence electrons. The molecule has 0 bridgehead atoms. The monoisotopic (exact) mass is 243 g/mol. The van der Waals surface area contributed by atoms with Crippen LogP contribution in [0.5, 0.6) is 5.75 Å². The quantitative estimate of drug-likeness (QED) is 0.838. The Morgan fingerprint density at radius 1 is 1.11 bits per heavy atom. The molecule has 18 heavy (non-hydrogen) atoms. The van der Waals surface area contributed by atoms with Crippen LogP contribution in [0.3, 0.4) is 0 Å². The molecular weight excluding hydrogens is 230 g/mol. The molecule has 0 saturated carbocycles. The molecule has 0 radical (unpaired) electrons. The highest BCUT2D eigenvalue weighted by Gasteiger charge is 2.12. The van der Waals surface area contributed by atoms with E-state index in [4.69, 9.17) is 4.74 Å². The van der Waals surface area contributed by atoms with Gasteiger partial charge in [-0.1, -0.05) is 0 Å². The van der Waals surface area contributed by atoms with Gasteiger partial charge in [-0.15, -0.1) is 0 Å². The molecule has 0 aliphatic heterocycles. The molecule has 2 aromatic rings. The molecule has 0 fully saturated rings. The van der Waals surface area contributed by atoms with Crippen LogP contribution in [0.25, 0.3) is 0 Å². The van der Waals surface area contributed by atoms with Crippen LogP contribution in [0, 0.1) is 6.92 Å². The summed E-state index contributed by atoms with van der Waals surface area (Å²) >= 11 is 0. The zero-order valence-electron chi connectivity index (χ0n) is 10.2. The number of ether oxygens (including phenoxy) is 1. The Morgan fingerprint density at radius 2 is 1.78 bits per heavy atom. The van der Waals surface area contributed by atoms with Crippen molar-refractivity contribution in [1.29, 1.82) is 0 Å². The zero-order valence-corrected chi connectivity index (χ0v) is 10.2. The second kappa shape index (κ2) is 4.87. The minimum Gasteiger partial charge on any atom is -0.497 e. The first-order valence-corrected chi connectivity index (χ1v) is 5.50. The summed E-state index contributed by atoms with van der Waals surface area (Å²) in [4.78, 5) is 26.4. The van der Waals surface area contributed by atoms with Crippen LogP contribution in [0.2, 0.25) is 0 Å². The maximum Gasteiger partial charge on any atom is 0.259 e. The minimum atomic E-state index is -0.365. The van der Waals surface area contributed by atoms with Crippen molar-refractivity contribution in [3.8, 4) is 5.75 Å². The Hall–Kier alpha value is -2.36. The number of benzene rings is 1. The maximum atomic E-state index is 12.1. The molecule has 0 atom stereocenters. The van der Waals surface area contributed by atoms with Crippen molar-refractivity contribution in [3.63, 3.8) is 0 Å². The molecular formula is C14H13NO3. The number of aromatic amines is 1. The second-order valence-electron chi connectivity index (χ2n) is 3.94. The average Bonchev–Trinajstić information content (AvgIpc) is 2.38. The number of pyridine rings is 1. The molecule has 0 amide bonds. The SMILES string of the molecule is COc1ccc(C(=O)c2ccc(C)[nH]c2=O)cc1. The van der Waals surface area contributed by atoms with Gasteiger partial charge in [0.2, 0.25) is 0 Å². The van der Waals surface area contributed by atoms with Crippen molar-refractivity contribution in [3.05, 3.63) is 63.6 Å². The van der Waals surface area contributed by atoms with Gasteiger partial charge >= 0.3 is 0 Å². The van der Waals surface area contributed by atoms with Gasteiger partial charge in [0, 0.05) is 11.3 Å². The maximum absolute atomic E-state index is 12.1. The fourth-order valence-electron chi connectivity index (χ4n) is 1.65. The standard InChI is InChI=1S/C14H13NO3/c1-9-3-8-12(14(17)15-9)13(16)10-4-6-11(18-2)7-5-10/h3-8H,1-2H3,(H,15,17). The Kier molecular flexibility index (Phi) is 3.28. The van der Waals surface area contributed by atoms with E-state index >= 15 is 0 Å². The molecule has 0 aliphatic rings. The van der Waals surface area contributed by atoms with Gasteiger partial charge in [-0.05, 0) is 43.3 Å². The molecule has 1 N–H and O–H groups in total. The number of hydrogen-bond donors (Lipinski definition) is 1. The normalized spacial score (nSPS) is 10.1. The van der Waals surface area contributed by atoms with Crippen LogP contribution in [-0.4, -0.2) is 17.9 Å². The van der Waals surface area contributed by atoms with Crippen molar-refractivity contribution in [2.24, 2.45) is 0 Å². The summed E-state index contributed by atoms with van der Waals surface area (Å²) in [5.41, 5.74) is 0.970. The number of carbonyl (C=O) groups is 1. The van der Waals surface area contributed by atoms with Gasteiger partial charge in [0.15, 0.2) is 5.78 Å². The van der Waals surface area contributed by atoms with E-state index in [0.717, 1.165) is 5.69 Å². The van der Waals surface area contributed by atoms with Gasteiger partial charge in [0.1, 0.15) is 5.75 Å². The number of aryl methyl sites for hydroxylation is 1. The lowest BCUT2D eigenvalue weighted by Gasteiger charge is -2.03. The highest BCUT2D eigenvalue weighted by atomic mass is 16.5. The third-order valence-electron chi connectivity index (χ3n) is 2.65. The molecule has 0 spiro atoms. The Balaban J connectivity index is 2.38. The van der Waals surface area contributed by atoms with Crippen LogP contribution in [0.4, 0.5) is 0 Å². The van der Waals surface area contributed by atoms with Gasteiger partial charge in [0.05, 0.1) is 12.7 Å². The molecule has 1 heterocycles. The number of H-pyrrole nitrogens is 1. The summed E-state index contributed by atoms with van der Waals surface area (Å²) in [6.07, 6.45) is 0. The first-order valence-electron chi connectivity index (χ1n) is 5.50. The highest BCUT2D eigenvalue weighted by molar-refractivity contribution is 6.08. The lowest BCUT2D eigenvalue weighted by Crippen LogP contribution is -2.18. The van der Waals surface area contributed by atoms with Gasteiger partial charge in [-0.25, -0.2) is 0 Å². The molecule has 0 saturated heterocycles. The van der Waals surface area contributed by atoms with E-state index in [1.165, 1.54) is 0 Å². The fraction of sp³-hybridized carbons (Fsp3) is 0.143.